The van der Waals surface area contributed by atoms with E-state index in [0.29, 0.717) is 31.5 Å². The van der Waals surface area contributed by atoms with E-state index in [1.54, 1.807) is 17.2 Å². The van der Waals surface area contributed by atoms with Crippen molar-refractivity contribution in [1.82, 2.24) is 14.7 Å². The summed E-state index contributed by atoms with van der Waals surface area (Å²) < 4.78 is 6.70. The van der Waals surface area contributed by atoms with E-state index in [4.69, 9.17) is 4.74 Å². The van der Waals surface area contributed by atoms with Gasteiger partial charge in [0.2, 0.25) is 0 Å². The van der Waals surface area contributed by atoms with Crippen LogP contribution in [-0.4, -0.2) is 50.2 Å². The maximum absolute atomic E-state index is 12.8. The molecule has 1 aliphatic rings. The van der Waals surface area contributed by atoms with E-state index >= 15 is 0 Å². The monoisotopic (exact) mass is 385 g/mol. The Kier molecular flexibility index (Phi) is 5.56. The molecule has 0 saturated carbocycles. The van der Waals surface area contributed by atoms with Crippen molar-refractivity contribution in [2.24, 2.45) is 0 Å². The number of hydrogen-bond acceptors (Lipinski definition) is 5. The quantitative estimate of drug-likeness (QED) is 0.878. The highest BCUT2D eigenvalue weighted by Gasteiger charge is 2.36. The van der Waals surface area contributed by atoms with Gasteiger partial charge in [0.15, 0.2) is 0 Å². The molecule has 150 valence electrons. The lowest BCUT2D eigenvalue weighted by atomic mass is 9.91. The average Bonchev–Trinajstić information content (AvgIpc) is 2.63. The molecule has 0 spiro atoms. The molecular formula is C21H27N3O4. The molecule has 7 heteroatoms. The maximum Gasteiger partial charge on any atom is 0.410 e. The van der Waals surface area contributed by atoms with E-state index in [9.17, 15) is 14.7 Å². The highest BCUT2D eigenvalue weighted by atomic mass is 16.6. The first-order valence-corrected chi connectivity index (χ1v) is 9.49. The molecule has 1 saturated heterocycles. The Morgan fingerprint density at radius 1 is 1.18 bits per heavy atom. The summed E-state index contributed by atoms with van der Waals surface area (Å²) in [5.74, 6) is 0. The Bertz CT molecular complexity index is 879. The molecule has 0 radical (unpaired) electrons. The maximum atomic E-state index is 12.8. The zero-order valence-electron chi connectivity index (χ0n) is 16.6. The van der Waals surface area contributed by atoms with Crippen molar-refractivity contribution in [3.63, 3.8) is 0 Å². The lowest BCUT2D eigenvalue weighted by Gasteiger charge is -2.38. The first-order valence-electron chi connectivity index (χ1n) is 9.49. The lowest BCUT2D eigenvalue weighted by Crippen LogP contribution is -2.50. The molecule has 0 bridgehead atoms. The van der Waals surface area contributed by atoms with Gasteiger partial charge in [-0.15, -0.1) is 0 Å². The third-order valence-electron chi connectivity index (χ3n) is 4.79. The van der Waals surface area contributed by atoms with Crippen LogP contribution in [0.4, 0.5) is 4.79 Å². The predicted molar refractivity (Wildman–Crippen MR) is 106 cm³/mol. The van der Waals surface area contributed by atoms with Crippen molar-refractivity contribution in [1.29, 1.82) is 0 Å². The van der Waals surface area contributed by atoms with Crippen LogP contribution in [0.2, 0.25) is 0 Å². The minimum atomic E-state index is -1.09. The van der Waals surface area contributed by atoms with Gasteiger partial charge in [0.1, 0.15) is 5.60 Å². The smallest absolute Gasteiger partial charge is 0.410 e. The molecule has 1 N–H and O–H groups in total. The minimum absolute atomic E-state index is 0.0919. The number of carbonyl (C=O) groups is 1. The summed E-state index contributed by atoms with van der Waals surface area (Å²) >= 11 is 0. The fourth-order valence-electron chi connectivity index (χ4n) is 3.27. The summed E-state index contributed by atoms with van der Waals surface area (Å²) in [6, 6.07) is 11.1. The van der Waals surface area contributed by atoms with E-state index in [1.165, 1.54) is 4.68 Å². The molecule has 3 rings (SSSR count). The van der Waals surface area contributed by atoms with Crippen LogP contribution in [0.3, 0.4) is 0 Å². The number of amides is 1. The van der Waals surface area contributed by atoms with E-state index in [1.807, 2.05) is 51.1 Å². The number of likely N-dealkylation sites (tertiary alicyclic amines) is 1. The second-order valence-electron chi connectivity index (χ2n) is 8.27. The summed E-state index contributed by atoms with van der Waals surface area (Å²) in [4.78, 5) is 26.6. The lowest BCUT2D eigenvalue weighted by molar-refractivity contribution is -0.0439. The highest BCUT2D eigenvalue weighted by Crippen LogP contribution is 2.25. The van der Waals surface area contributed by atoms with Crippen LogP contribution in [0.15, 0.2) is 47.4 Å². The summed E-state index contributed by atoms with van der Waals surface area (Å²) in [6.45, 7) is 6.31. The van der Waals surface area contributed by atoms with Gasteiger partial charge >= 0.3 is 6.09 Å². The van der Waals surface area contributed by atoms with E-state index in [-0.39, 0.29) is 18.2 Å². The van der Waals surface area contributed by atoms with Crippen LogP contribution in [0, 0.1) is 0 Å². The Hall–Kier alpha value is -2.67. The van der Waals surface area contributed by atoms with Crippen molar-refractivity contribution in [3.05, 3.63) is 52.9 Å². The number of ether oxygens (including phenoxy) is 1. The van der Waals surface area contributed by atoms with Gasteiger partial charge in [-0.3, -0.25) is 4.79 Å². The Balaban J connectivity index is 1.70. The summed E-state index contributed by atoms with van der Waals surface area (Å²) in [5.41, 5.74) is -0.526. The van der Waals surface area contributed by atoms with Gasteiger partial charge in [-0.25, -0.2) is 9.48 Å². The fourth-order valence-corrected chi connectivity index (χ4v) is 3.27. The minimum Gasteiger partial charge on any atom is -0.444 e. The fraction of sp³-hybridized carbons (Fsp3) is 0.476. The predicted octanol–water partition coefficient (Wildman–Crippen LogP) is 2.67. The van der Waals surface area contributed by atoms with Crippen LogP contribution in [0.25, 0.3) is 11.1 Å². The SMILES string of the molecule is CC(C)(C)OC(=O)N1CCC(O)(Cn2nccc(-c3ccccc3)c2=O)CC1. The number of hydrogen-bond donors (Lipinski definition) is 1. The van der Waals surface area contributed by atoms with E-state index in [2.05, 4.69) is 5.10 Å². The molecule has 1 fully saturated rings. The number of carbonyl (C=O) groups excluding carboxylic acids is 1. The number of aromatic nitrogens is 2. The van der Waals surface area contributed by atoms with Gasteiger partial charge in [-0.05, 0) is 45.2 Å². The molecular weight excluding hydrogens is 358 g/mol. The van der Waals surface area contributed by atoms with Gasteiger partial charge in [-0.2, -0.15) is 5.10 Å². The molecule has 7 nitrogen and oxygen atoms in total. The average molecular weight is 385 g/mol. The van der Waals surface area contributed by atoms with Crippen molar-refractivity contribution in [3.8, 4) is 11.1 Å². The largest absolute Gasteiger partial charge is 0.444 e. The molecule has 2 aromatic rings. The van der Waals surface area contributed by atoms with Gasteiger partial charge in [0.05, 0.1) is 17.7 Å². The Morgan fingerprint density at radius 3 is 2.43 bits per heavy atom. The summed E-state index contributed by atoms with van der Waals surface area (Å²) in [5, 5.41) is 15.1. The molecule has 0 atom stereocenters. The summed E-state index contributed by atoms with van der Waals surface area (Å²) in [7, 11) is 0. The van der Waals surface area contributed by atoms with E-state index < -0.39 is 11.2 Å². The second kappa shape index (κ2) is 7.75. The second-order valence-corrected chi connectivity index (χ2v) is 8.27. The number of rotatable bonds is 3. The summed E-state index contributed by atoms with van der Waals surface area (Å²) in [6.07, 6.45) is 1.91. The first kappa shape index (κ1) is 20.1. The van der Waals surface area contributed by atoms with Crippen molar-refractivity contribution in [2.75, 3.05) is 13.1 Å². The Morgan fingerprint density at radius 2 is 1.82 bits per heavy atom. The number of piperidine rings is 1. The molecule has 1 amide bonds. The molecule has 28 heavy (non-hydrogen) atoms. The number of benzene rings is 1. The molecule has 1 aromatic heterocycles. The standard InChI is InChI=1S/C21H27N3O4/c1-20(2,3)28-19(26)23-13-10-21(27,11-14-23)15-24-18(25)17(9-12-22-24)16-7-5-4-6-8-16/h4-9,12,27H,10-11,13-15H2,1-3H3. The number of nitrogens with zero attached hydrogens (tertiary/aromatic N) is 3. The molecule has 0 aliphatic carbocycles. The van der Waals surface area contributed by atoms with Crippen LogP contribution < -0.4 is 5.56 Å². The van der Waals surface area contributed by atoms with Crippen LogP contribution >= 0.6 is 0 Å². The molecule has 2 heterocycles. The van der Waals surface area contributed by atoms with Gasteiger partial charge in [-0.1, -0.05) is 30.3 Å². The van der Waals surface area contributed by atoms with Crippen LogP contribution in [-0.2, 0) is 11.3 Å². The number of aliphatic hydroxyl groups is 1. The zero-order valence-corrected chi connectivity index (χ0v) is 16.6. The normalized spacial score (nSPS) is 16.6. The van der Waals surface area contributed by atoms with Crippen LogP contribution in [0.5, 0.6) is 0 Å². The van der Waals surface area contributed by atoms with Gasteiger partial charge in [0.25, 0.3) is 5.56 Å². The third-order valence-corrected chi connectivity index (χ3v) is 4.79. The highest BCUT2D eigenvalue weighted by molar-refractivity contribution is 5.68. The van der Waals surface area contributed by atoms with Gasteiger partial charge < -0.3 is 14.7 Å². The van der Waals surface area contributed by atoms with Gasteiger partial charge in [0, 0.05) is 19.3 Å². The zero-order chi connectivity index (χ0) is 20.4. The third kappa shape index (κ3) is 4.78. The molecule has 1 aliphatic heterocycles. The first-order chi connectivity index (χ1) is 13.2. The van der Waals surface area contributed by atoms with Crippen molar-refractivity contribution >= 4 is 6.09 Å². The molecule has 1 aromatic carbocycles. The molecule has 0 unspecified atom stereocenters. The van der Waals surface area contributed by atoms with Crippen molar-refractivity contribution in [2.45, 2.75) is 51.4 Å². The van der Waals surface area contributed by atoms with Crippen molar-refractivity contribution < 1.29 is 14.6 Å². The Labute approximate surface area is 164 Å². The topological polar surface area (TPSA) is 84.7 Å². The van der Waals surface area contributed by atoms with Crippen LogP contribution in [0.1, 0.15) is 33.6 Å². The van der Waals surface area contributed by atoms with E-state index in [0.717, 1.165) is 5.56 Å².